The highest BCUT2D eigenvalue weighted by Gasteiger charge is 2.61. The zero-order chi connectivity index (χ0) is 24.0. The van der Waals surface area contributed by atoms with E-state index in [4.69, 9.17) is 11.6 Å². The average molecular weight is 481 g/mol. The van der Waals surface area contributed by atoms with E-state index in [0.717, 1.165) is 32.1 Å². The molecule has 3 aliphatic rings. The second-order valence-corrected chi connectivity index (χ2v) is 10.4. The second-order valence-electron chi connectivity index (χ2n) is 9.95. The Balaban J connectivity index is 1.68. The Labute approximate surface area is 198 Å². The van der Waals surface area contributed by atoms with E-state index in [9.17, 15) is 23.9 Å². The van der Waals surface area contributed by atoms with Gasteiger partial charge in [-0.2, -0.15) is 4.48 Å². The van der Waals surface area contributed by atoms with Crippen LogP contribution >= 0.6 is 11.6 Å². The number of carboxylic acid groups (broad SMARTS) is 1. The van der Waals surface area contributed by atoms with Crippen molar-refractivity contribution in [1.82, 2.24) is 9.80 Å². The molecule has 0 bridgehead atoms. The van der Waals surface area contributed by atoms with Crippen LogP contribution in [0.25, 0.3) is 0 Å². The fourth-order valence-corrected chi connectivity index (χ4v) is 5.68. The fraction of sp³-hybridized carbons (Fsp3) is 0.625. The van der Waals surface area contributed by atoms with Crippen LogP contribution in [0.5, 0.6) is 0 Å². The lowest BCUT2D eigenvalue weighted by Crippen LogP contribution is -2.65. The third-order valence-electron chi connectivity index (χ3n) is 7.77. The summed E-state index contributed by atoms with van der Waals surface area (Å²) in [5, 5.41) is 9.79. The Bertz CT molecular complexity index is 961. The first kappa shape index (κ1) is 24.0. The van der Waals surface area contributed by atoms with Crippen molar-refractivity contribution in [1.29, 1.82) is 0 Å². The predicted octanol–water partition coefficient (Wildman–Crippen LogP) is 4.69. The molecule has 1 aromatic rings. The molecule has 2 atom stereocenters. The summed E-state index contributed by atoms with van der Waals surface area (Å²) in [6.45, 7) is 5.32. The molecular formula is C24H32ClFN3O4+. The molecule has 0 aromatic heterocycles. The van der Waals surface area contributed by atoms with E-state index in [2.05, 4.69) is 0 Å². The molecule has 3 fully saturated rings. The number of rotatable bonds is 4. The molecule has 0 spiro atoms. The third-order valence-corrected chi connectivity index (χ3v) is 8.08. The fourth-order valence-electron chi connectivity index (χ4n) is 5.56. The van der Waals surface area contributed by atoms with Crippen molar-refractivity contribution < 1.29 is 28.4 Å². The van der Waals surface area contributed by atoms with E-state index in [-0.39, 0.29) is 41.1 Å². The Hall–Kier alpha value is -2.19. The Morgan fingerprint density at radius 1 is 1.21 bits per heavy atom. The van der Waals surface area contributed by atoms with Crippen LogP contribution in [-0.4, -0.2) is 76.2 Å². The average Bonchev–Trinajstić information content (AvgIpc) is 3.41. The molecule has 2 aliphatic heterocycles. The quantitative estimate of drug-likeness (QED) is 0.634. The SMILES string of the molecule is CCN(C(=O)O)[C@@H]1CN(C(=O)[N+]2(C(=O)C3(C)CC3)CCCCC2)C[C@H]1c1ccc(Cl)c(F)c1. The highest BCUT2D eigenvalue weighted by Crippen LogP contribution is 2.49. The lowest BCUT2D eigenvalue weighted by atomic mass is 9.93. The van der Waals surface area contributed by atoms with Gasteiger partial charge in [-0.05, 0) is 63.6 Å². The molecule has 1 aliphatic carbocycles. The lowest BCUT2D eigenvalue weighted by Gasteiger charge is -2.40. The lowest BCUT2D eigenvalue weighted by molar-refractivity contribution is -0.786. The van der Waals surface area contributed by atoms with Crippen LogP contribution in [-0.2, 0) is 4.79 Å². The standard InChI is InChI=1S/C24H31ClFN3O4/c1-3-28(23(32)33)20-15-27(14-17(20)16-7-8-18(25)19(26)13-16)22(31)29(11-5-4-6-12-29)21(30)24(2)9-10-24/h7-8,13,17,20H,3-6,9-12,14-15H2,1-2H3/p+1/t17-,20+/m0/s1. The summed E-state index contributed by atoms with van der Waals surface area (Å²) in [4.78, 5) is 42.5. The van der Waals surface area contributed by atoms with Crippen molar-refractivity contribution in [2.24, 2.45) is 5.41 Å². The van der Waals surface area contributed by atoms with Gasteiger partial charge in [-0.15, -0.1) is 0 Å². The van der Waals surface area contributed by atoms with Crippen molar-refractivity contribution in [3.05, 3.63) is 34.6 Å². The highest BCUT2D eigenvalue weighted by atomic mass is 35.5. The van der Waals surface area contributed by atoms with Crippen LogP contribution < -0.4 is 0 Å². The van der Waals surface area contributed by atoms with Crippen LogP contribution in [0.2, 0.25) is 5.02 Å². The number of amides is 4. The van der Waals surface area contributed by atoms with Crippen molar-refractivity contribution in [2.45, 2.75) is 57.9 Å². The first-order chi connectivity index (χ1) is 15.6. The number of likely N-dealkylation sites (tertiary alicyclic amines) is 2. The molecule has 180 valence electrons. The third kappa shape index (κ3) is 4.23. The van der Waals surface area contributed by atoms with Gasteiger partial charge in [0.05, 0.1) is 29.6 Å². The normalized spacial score (nSPS) is 25.5. The first-order valence-corrected chi connectivity index (χ1v) is 12.2. The number of carbonyl (C=O) groups excluding carboxylic acids is 2. The van der Waals surface area contributed by atoms with Gasteiger partial charge in [-0.1, -0.05) is 17.7 Å². The Morgan fingerprint density at radius 3 is 2.42 bits per heavy atom. The predicted molar refractivity (Wildman–Crippen MR) is 122 cm³/mol. The summed E-state index contributed by atoms with van der Waals surface area (Å²) < 4.78 is 14.1. The van der Waals surface area contributed by atoms with Gasteiger partial charge < -0.3 is 10.0 Å². The van der Waals surface area contributed by atoms with E-state index in [0.29, 0.717) is 18.7 Å². The van der Waals surface area contributed by atoms with E-state index < -0.39 is 29.3 Å². The number of benzene rings is 1. The van der Waals surface area contributed by atoms with Crippen molar-refractivity contribution in [3.8, 4) is 0 Å². The monoisotopic (exact) mass is 480 g/mol. The Morgan fingerprint density at radius 2 is 1.88 bits per heavy atom. The summed E-state index contributed by atoms with van der Waals surface area (Å²) in [5.41, 5.74) is 0.157. The van der Waals surface area contributed by atoms with Crippen molar-refractivity contribution in [2.75, 3.05) is 32.7 Å². The zero-order valence-corrected chi connectivity index (χ0v) is 20.0. The van der Waals surface area contributed by atoms with Crippen LogP contribution in [0.3, 0.4) is 0 Å². The maximum absolute atomic E-state index is 14.3. The number of halogens is 2. The minimum atomic E-state index is -1.08. The van der Waals surface area contributed by atoms with Gasteiger partial charge in [0.2, 0.25) is 0 Å². The number of hydrogen-bond acceptors (Lipinski definition) is 3. The molecule has 1 saturated carbocycles. The summed E-state index contributed by atoms with van der Waals surface area (Å²) >= 11 is 5.86. The molecule has 4 rings (SSSR count). The number of urea groups is 1. The summed E-state index contributed by atoms with van der Waals surface area (Å²) in [7, 11) is 0. The molecule has 9 heteroatoms. The van der Waals surface area contributed by atoms with E-state index in [1.54, 1.807) is 17.9 Å². The largest absolute Gasteiger partial charge is 0.465 e. The summed E-state index contributed by atoms with van der Waals surface area (Å²) in [6.07, 6.45) is 3.14. The number of carbonyl (C=O) groups is 3. The van der Waals surface area contributed by atoms with Crippen molar-refractivity contribution >= 4 is 29.6 Å². The number of piperidine rings is 1. The zero-order valence-electron chi connectivity index (χ0n) is 19.2. The molecule has 2 saturated heterocycles. The summed E-state index contributed by atoms with van der Waals surface area (Å²) in [6, 6.07) is 3.70. The number of hydrogen-bond donors (Lipinski definition) is 1. The van der Waals surface area contributed by atoms with Gasteiger partial charge in [-0.3, -0.25) is 4.90 Å². The smallest absolute Gasteiger partial charge is 0.426 e. The minimum Gasteiger partial charge on any atom is -0.465 e. The maximum Gasteiger partial charge on any atom is 0.426 e. The first-order valence-electron chi connectivity index (χ1n) is 11.8. The van der Waals surface area contributed by atoms with Gasteiger partial charge in [0.1, 0.15) is 5.82 Å². The van der Waals surface area contributed by atoms with Crippen molar-refractivity contribution in [3.63, 3.8) is 0 Å². The molecule has 0 radical (unpaired) electrons. The molecule has 4 amide bonds. The van der Waals surface area contributed by atoms with E-state index in [1.807, 2.05) is 6.92 Å². The van der Waals surface area contributed by atoms with E-state index in [1.165, 1.54) is 17.0 Å². The molecule has 7 nitrogen and oxygen atoms in total. The van der Waals surface area contributed by atoms with Crippen LogP contribution in [0, 0.1) is 11.2 Å². The molecular weight excluding hydrogens is 449 g/mol. The van der Waals surface area contributed by atoms with Gasteiger partial charge in [-0.25, -0.2) is 18.8 Å². The second kappa shape index (κ2) is 8.87. The summed E-state index contributed by atoms with van der Waals surface area (Å²) in [5.74, 6) is -0.990. The Kier molecular flexibility index (Phi) is 6.44. The number of quaternary nitrogens is 1. The maximum atomic E-state index is 14.3. The van der Waals surface area contributed by atoms with E-state index >= 15 is 0 Å². The van der Waals surface area contributed by atoms with Gasteiger partial charge in [0.25, 0.3) is 0 Å². The highest BCUT2D eigenvalue weighted by molar-refractivity contribution is 6.30. The molecule has 1 N–H and O–H groups in total. The molecule has 0 unspecified atom stereocenters. The van der Waals surface area contributed by atoms with Gasteiger partial charge >= 0.3 is 18.0 Å². The van der Waals surface area contributed by atoms with Crippen LogP contribution in [0.4, 0.5) is 14.0 Å². The number of likely N-dealkylation sites (N-methyl/N-ethyl adjacent to an activating group) is 1. The van der Waals surface area contributed by atoms with Crippen LogP contribution in [0.1, 0.15) is 57.4 Å². The minimum absolute atomic E-state index is 0.00433. The van der Waals surface area contributed by atoms with Crippen LogP contribution in [0.15, 0.2) is 18.2 Å². The molecule has 1 aromatic carbocycles. The number of imide groups is 1. The molecule has 33 heavy (non-hydrogen) atoms. The van der Waals surface area contributed by atoms with Gasteiger partial charge in [0, 0.05) is 25.6 Å². The molecule has 2 heterocycles. The number of nitrogens with zero attached hydrogens (tertiary/aromatic N) is 3. The van der Waals surface area contributed by atoms with Gasteiger partial charge in [0.15, 0.2) is 0 Å². The topological polar surface area (TPSA) is 77.9 Å².